The second-order valence-corrected chi connectivity index (χ2v) is 7.11. The Kier molecular flexibility index (Phi) is 8.96. The summed E-state index contributed by atoms with van der Waals surface area (Å²) in [7, 11) is 3.35. The van der Waals surface area contributed by atoms with E-state index in [0.717, 1.165) is 37.7 Å². The van der Waals surface area contributed by atoms with Crippen molar-refractivity contribution in [3.05, 3.63) is 34.1 Å². The minimum Gasteiger partial charge on any atom is -0.383 e. The van der Waals surface area contributed by atoms with Crippen molar-refractivity contribution < 1.29 is 13.9 Å². The van der Waals surface area contributed by atoms with Crippen molar-refractivity contribution in [1.82, 2.24) is 20.4 Å². The first-order chi connectivity index (χ1) is 13.0. The zero-order valence-electron chi connectivity index (χ0n) is 15.8. The van der Waals surface area contributed by atoms with Crippen LogP contribution in [0.5, 0.6) is 0 Å². The lowest BCUT2D eigenvalue weighted by Gasteiger charge is -2.36. The van der Waals surface area contributed by atoms with E-state index in [1.54, 1.807) is 20.2 Å². The first kappa shape index (κ1) is 21.6. The van der Waals surface area contributed by atoms with Gasteiger partial charge in [0.2, 0.25) is 5.91 Å². The number of aliphatic imine (C=N–C) groups is 1. The van der Waals surface area contributed by atoms with Gasteiger partial charge in [-0.25, -0.2) is 4.39 Å². The molecule has 1 aliphatic rings. The Morgan fingerprint density at radius 3 is 2.67 bits per heavy atom. The number of methoxy groups -OCH3 is 1. The largest absolute Gasteiger partial charge is 0.383 e. The van der Waals surface area contributed by atoms with Gasteiger partial charge >= 0.3 is 0 Å². The number of nitrogens with zero attached hydrogens (tertiary/aromatic N) is 3. The lowest BCUT2D eigenvalue weighted by atomic mass is 10.2. The van der Waals surface area contributed by atoms with Gasteiger partial charge in [-0.3, -0.25) is 14.7 Å². The van der Waals surface area contributed by atoms with Gasteiger partial charge < -0.3 is 20.3 Å². The third kappa shape index (κ3) is 7.08. The standard InChI is InChI=1S/C18H27BrFN5O2/c1-21-18(23-12-14-3-4-15(19)16(20)11-14)25-8-6-24(7-9-25)13-17(26)22-5-10-27-2/h3-4,11H,5-10,12-13H2,1-2H3,(H,21,23)(H,22,26). The highest BCUT2D eigenvalue weighted by Crippen LogP contribution is 2.16. The summed E-state index contributed by atoms with van der Waals surface area (Å²) in [5, 5.41) is 6.11. The maximum atomic E-state index is 13.6. The van der Waals surface area contributed by atoms with Gasteiger partial charge in [-0.05, 0) is 33.6 Å². The van der Waals surface area contributed by atoms with Crippen molar-refractivity contribution in [1.29, 1.82) is 0 Å². The molecule has 0 spiro atoms. The number of carbonyl (C=O) groups excluding carboxylic acids is 1. The van der Waals surface area contributed by atoms with E-state index in [1.807, 2.05) is 6.07 Å². The van der Waals surface area contributed by atoms with Crippen LogP contribution in [-0.4, -0.2) is 81.7 Å². The Morgan fingerprint density at radius 2 is 2.04 bits per heavy atom. The molecule has 0 aromatic heterocycles. The van der Waals surface area contributed by atoms with Gasteiger partial charge in [0, 0.05) is 53.4 Å². The van der Waals surface area contributed by atoms with Crippen LogP contribution in [-0.2, 0) is 16.1 Å². The van der Waals surface area contributed by atoms with E-state index in [0.29, 0.717) is 30.7 Å². The van der Waals surface area contributed by atoms with Crippen LogP contribution in [0.1, 0.15) is 5.56 Å². The fourth-order valence-electron chi connectivity index (χ4n) is 2.83. The number of hydrogen-bond donors (Lipinski definition) is 2. The summed E-state index contributed by atoms with van der Waals surface area (Å²) in [4.78, 5) is 20.5. The van der Waals surface area contributed by atoms with Crippen molar-refractivity contribution in [2.45, 2.75) is 6.54 Å². The van der Waals surface area contributed by atoms with Gasteiger partial charge in [-0.15, -0.1) is 0 Å². The molecule has 0 saturated carbocycles. The summed E-state index contributed by atoms with van der Waals surface area (Å²) < 4.78 is 19.0. The van der Waals surface area contributed by atoms with Crippen LogP contribution in [0.4, 0.5) is 4.39 Å². The van der Waals surface area contributed by atoms with E-state index in [2.05, 4.69) is 41.4 Å². The number of rotatable bonds is 7. The molecule has 1 aliphatic heterocycles. The average molecular weight is 444 g/mol. The maximum absolute atomic E-state index is 13.6. The topological polar surface area (TPSA) is 69.2 Å². The quantitative estimate of drug-likeness (QED) is 0.374. The van der Waals surface area contributed by atoms with Crippen LogP contribution < -0.4 is 10.6 Å². The molecular weight excluding hydrogens is 417 g/mol. The average Bonchev–Trinajstić information content (AvgIpc) is 2.66. The lowest BCUT2D eigenvalue weighted by Crippen LogP contribution is -2.54. The van der Waals surface area contributed by atoms with E-state index in [9.17, 15) is 9.18 Å². The number of hydrogen-bond acceptors (Lipinski definition) is 4. The molecule has 1 aromatic carbocycles. The Hall–Kier alpha value is -1.71. The molecule has 0 aliphatic carbocycles. The second kappa shape index (κ2) is 11.2. The van der Waals surface area contributed by atoms with E-state index >= 15 is 0 Å². The maximum Gasteiger partial charge on any atom is 0.234 e. The van der Waals surface area contributed by atoms with E-state index < -0.39 is 0 Å². The smallest absolute Gasteiger partial charge is 0.234 e. The first-order valence-corrected chi connectivity index (χ1v) is 9.70. The summed E-state index contributed by atoms with van der Waals surface area (Å²) >= 11 is 3.16. The first-order valence-electron chi connectivity index (χ1n) is 8.91. The Balaban J connectivity index is 1.76. The van der Waals surface area contributed by atoms with Crippen molar-refractivity contribution in [3.8, 4) is 0 Å². The molecule has 2 rings (SSSR count). The minimum atomic E-state index is -0.276. The van der Waals surface area contributed by atoms with Crippen molar-refractivity contribution in [2.75, 3.05) is 60.0 Å². The Morgan fingerprint density at radius 1 is 1.30 bits per heavy atom. The number of guanidine groups is 1. The minimum absolute atomic E-state index is 0.0141. The van der Waals surface area contributed by atoms with Gasteiger partial charge in [0.15, 0.2) is 5.96 Å². The zero-order chi connectivity index (χ0) is 19.6. The highest BCUT2D eigenvalue weighted by Gasteiger charge is 2.21. The molecule has 1 fully saturated rings. The van der Waals surface area contributed by atoms with Gasteiger partial charge in [-0.1, -0.05) is 6.07 Å². The highest BCUT2D eigenvalue weighted by molar-refractivity contribution is 9.10. The van der Waals surface area contributed by atoms with Crippen molar-refractivity contribution >= 4 is 27.8 Å². The Labute approximate surface area is 168 Å². The zero-order valence-corrected chi connectivity index (χ0v) is 17.4. The molecule has 1 amide bonds. The normalized spacial score (nSPS) is 15.7. The molecule has 9 heteroatoms. The van der Waals surface area contributed by atoms with Gasteiger partial charge in [-0.2, -0.15) is 0 Å². The molecule has 0 unspecified atom stereocenters. The fourth-order valence-corrected chi connectivity index (χ4v) is 3.08. The summed E-state index contributed by atoms with van der Waals surface area (Å²) in [6, 6.07) is 5.07. The molecule has 1 aromatic rings. The molecule has 150 valence electrons. The van der Waals surface area contributed by atoms with Gasteiger partial charge in [0.25, 0.3) is 0 Å². The van der Waals surface area contributed by atoms with Gasteiger partial charge in [0.05, 0.1) is 17.6 Å². The van der Waals surface area contributed by atoms with Crippen LogP contribution >= 0.6 is 15.9 Å². The van der Waals surface area contributed by atoms with Crippen molar-refractivity contribution in [3.63, 3.8) is 0 Å². The number of carbonyl (C=O) groups is 1. The molecule has 2 N–H and O–H groups in total. The predicted octanol–water partition coefficient (Wildman–Crippen LogP) is 1.04. The summed E-state index contributed by atoms with van der Waals surface area (Å²) in [5.74, 6) is 0.518. The molecule has 7 nitrogen and oxygen atoms in total. The molecular formula is C18H27BrFN5O2. The predicted molar refractivity (Wildman–Crippen MR) is 107 cm³/mol. The second-order valence-electron chi connectivity index (χ2n) is 6.26. The molecule has 0 bridgehead atoms. The molecule has 0 radical (unpaired) electrons. The third-order valence-corrected chi connectivity index (χ3v) is 4.96. The summed E-state index contributed by atoms with van der Waals surface area (Å²) in [6.45, 7) is 5.06. The monoisotopic (exact) mass is 443 g/mol. The number of nitrogens with one attached hydrogen (secondary N) is 2. The Bertz CT molecular complexity index is 651. The van der Waals surface area contributed by atoms with Gasteiger partial charge in [0.1, 0.15) is 5.82 Å². The molecule has 1 saturated heterocycles. The number of benzene rings is 1. The lowest BCUT2D eigenvalue weighted by molar-refractivity contribution is -0.122. The molecule has 1 heterocycles. The molecule has 0 atom stereocenters. The number of amides is 1. The van der Waals surface area contributed by atoms with Crippen LogP contribution in [0.15, 0.2) is 27.7 Å². The number of ether oxygens (including phenoxy) is 1. The number of halogens is 2. The van der Waals surface area contributed by atoms with Crippen LogP contribution in [0.3, 0.4) is 0 Å². The van der Waals surface area contributed by atoms with E-state index in [-0.39, 0.29) is 11.7 Å². The SMILES string of the molecule is CN=C(NCc1ccc(Br)c(F)c1)N1CCN(CC(=O)NCCOC)CC1. The van der Waals surface area contributed by atoms with E-state index in [1.165, 1.54) is 6.07 Å². The van der Waals surface area contributed by atoms with E-state index in [4.69, 9.17) is 4.74 Å². The van der Waals surface area contributed by atoms with Crippen LogP contribution in [0.25, 0.3) is 0 Å². The third-order valence-electron chi connectivity index (χ3n) is 4.31. The fraction of sp³-hybridized carbons (Fsp3) is 0.556. The summed E-state index contributed by atoms with van der Waals surface area (Å²) in [6.07, 6.45) is 0. The number of piperazine rings is 1. The molecule has 27 heavy (non-hydrogen) atoms. The van der Waals surface area contributed by atoms with Crippen molar-refractivity contribution in [2.24, 2.45) is 4.99 Å². The summed E-state index contributed by atoms with van der Waals surface area (Å²) in [5.41, 5.74) is 0.850. The highest BCUT2D eigenvalue weighted by atomic mass is 79.9. The van der Waals surface area contributed by atoms with Crippen LogP contribution in [0, 0.1) is 5.82 Å². The van der Waals surface area contributed by atoms with Crippen LogP contribution in [0.2, 0.25) is 0 Å².